The molecule has 1 amide bonds. The fraction of sp³-hybridized carbons (Fsp3) is 0.250. The average molecular weight is 322 g/mol. The van der Waals surface area contributed by atoms with Crippen LogP contribution in [0.25, 0.3) is 0 Å². The fourth-order valence-corrected chi connectivity index (χ4v) is 2.93. The van der Waals surface area contributed by atoms with Crippen molar-refractivity contribution in [2.45, 2.75) is 33.4 Å². The second-order valence-corrected chi connectivity index (χ2v) is 6.06. The summed E-state index contributed by atoms with van der Waals surface area (Å²) in [6.07, 6.45) is 1.67. The van der Waals surface area contributed by atoms with E-state index in [4.69, 9.17) is 4.42 Å². The van der Waals surface area contributed by atoms with Gasteiger partial charge in [0.25, 0.3) is 5.91 Å². The van der Waals surface area contributed by atoms with Crippen LogP contribution in [0.15, 0.2) is 59.2 Å². The Labute approximate surface area is 142 Å². The van der Waals surface area contributed by atoms with Crippen LogP contribution in [0.5, 0.6) is 0 Å². The van der Waals surface area contributed by atoms with Gasteiger partial charge in [-0.2, -0.15) is 0 Å². The molecule has 2 heterocycles. The number of amides is 1. The van der Waals surface area contributed by atoms with Crippen molar-refractivity contribution in [2.75, 3.05) is 0 Å². The number of rotatable bonds is 5. The lowest BCUT2D eigenvalue weighted by Crippen LogP contribution is -2.27. The quantitative estimate of drug-likeness (QED) is 0.764. The number of benzene rings is 1. The zero-order valence-electron chi connectivity index (χ0n) is 14.2. The molecule has 0 spiro atoms. The molecule has 4 heteroatoms. The standard InChI is InChI=1S/C20H22N2O2/c1-14-12-19(16(3)22(14)13-18-10-7-11-24-18)20(23)21-15(2)17-8-5-4-6-9-17/h4-12,15H,13H2,1-3H3,(H,21,23). The number of nitrogens with zero attached hydrogens (tertiary/aromatic N) is 1. The molecular weight excluding hydrogens is 300 g/mol. The van der Waals surface area contributed by atoms with Crippen molar-refractivity contribution in [3.63, 3.8) is 0 Å². The molecule has 1 unspecified atom stereocenters. The molecule has 0 bridgehead atoms. The van der Waals surface area contributed by atoms with E-state index >= 15 is 0 Å². The van der Waals surface area contributed by atoms with Gasteiger partial charge in [0.2, 0.25) is 0 Å². The summed E-state index contributed by atoms with van der Waals surface area (Å²) < 4.78 is 7.52. The Hall–Kier alpha value is -2.75. The van der Waals surface area contributed by atoms with Crippen LogP contribution in [-0.2, 0) is 6.54 Å². The maximum Gasteiger partial charge on any atom is 0.253 e. The van der Waals surface area contributed by atoms with E-state index in [1.54, 1.807) is 6.26 Å². The zero-order valence-corrected chi connectivity index (χ0v) is 14.2. The van der Waals surface area contributed by atoms with Crippen molar-refractivity contribution in [2.24, 2.45) is 0 Å². The van der Waals surface area contributed by atoms with Gasteiger partial charge in [-0.05, 0) is 44.5 Å². The fourth-order valence-electron chi connectivity index (χ4n) is 2.93. The van der Waals surface area contributed by atoms with E-state index in [0.717, 1.165) is 22.7 Å². The number of furan rings is 1. The lowest BCUT2D eigenvalue weighted by atomic mass is 10.1. The van der Waals surface area contributed by atoms with Gasteiger partial charge in [-0.15, -0.1) is 0 Å². The molecule has 0 aliphatic carbocycles. The molecule has 1 atom stereocenters. The average Bonchev–Trinajstić information content (AvgIpc) is 3.19. The van der Waals surface area contributed by atoms with E-state index in [1.807, 2.05) is 69.3 Å². The molecule has 0 radical (unpaired) electrons. The summed E-state index contributed by atoms with van der Waals surface area (Å²) in [5.41, 5.74) is 3.79. The first-order chi connectivity index (χ1) is 11.6. The molecule has 0 aliphatic heterocycles. The molecule has 24 heavy (non-hydrogen) atoms. The van der Waals surface area contributed by atoms with Gasteiger partial charge >= 0.3 is 0 Å². The molecule has 0 saturated carbocycles. The maximum atomic E-state index is 12.7. The number of aryl methyl sites for hydroxylation is 1. The van der Waals surface area contributed by atoms with Gasteiger partial charge in [0, 0.05) is 11.4 Å². The number of hydrogen-bond acceptors (Lipinski definition) is 2. The van der Waals surface area contributed by atoms with Crippen LogP contribution < -0.4 is 5.32 Å². The second-order valence-electron chi connectivity index (χ2n) is 6.06. The lowest BCUT2D eigenvalue weighted by Gasteiger charge is -2.14. The first-order valence-electron chi connectivity index (χ1n) is 8.11. The topological polar surface area (TPSA) is 47.2 Å². The number of carbonyl (C=O) groups excluding carboxylic acids is 1. The highest BCUT2D eigenvalue weighted by Gasteiger charge is 2.18. The molecule has 4 nitrogen and oxygen atoms in total. The summed E-state index contributed by atoms with van der Waals surface area (Å²) in [6, 6.07) is 15.7. The minimum atomic E-state index is -0.0508. The Balaban J connectivity index is 1.78. The highest BCUT2D eigenvalue weighted by molar-refractivity contribution is 5.96. The Bertz CT molecular complexity index is 817. The van der Waals surface area contributed by atoms with Gasteiger partial charge in [0.05, 0.1) is 24.4 Å². The van der Waals surface area contributed by atoms with Gasteiger partial charge < -0.3 is 14.3 Å². The Kier molecular flexibility index (Phi) is 4.56. The summed E-state index contributed by atoms with van der Waals surface area (Å²) in [4.78, 5) is 12.7. The molecule has 2 aromatic heterocycles. The third kappa shape index (κ3) is 3.27. The molecule has 1 N–H and O–H groups in total. The Morgan fingerprint density at radius 1 is 1.17 bits per heavy atom. The predicted molar refractivity (Wildman–Crippen MR) is 94.0 cm³/mol. The SMILES string of the molecule is Cc1cc(C(=O)NC(C)c2ccccc2)c(C)n1Cc1ccco1. The third-order valence-electron chi connectivity index (χ3n) is 4.36. The van der Waals surface area contributed by atoms with E-state index in [2.05, 4.69) is 9.88 Å². The van der Waals surface area contributed by atoms with Crippen LogP contribution >= 0.6 is 0 Å². The molecule has 0 fully saturated rings. The summed E-state index contributed by atoms with van der Waals surface area (Å²) >= 11 is 0. The molecule has 3 rings (SSSR count). The zero-order chi connectivity index (χ0) is 17.1. The monoisotopic (exact) mass is 322 g/mol. The molecule has 0 aliphatic rings. The van der Waals surface area contributed by atoms with Crippen molar-refractivity contribution in [3.05, 3.63) is 83.1 Å². The predicted octanol–water partition coefficient (Wildman–Crippen LogP) is 4.24. The number of carbonyl (C=O) groups is 1. The summed E-state index contributed by atoms with van der Waals surface area (Å²) in [7, 11) is 0. The molecule has 3 aromatic rings. The van der Waals surface area contributed by atoms with Crippen LogP contribution in [0.2, 0.25) is 0 Å². The summed E-state index contributed by atoms with van der Waals surface area (Å²) in [5, 5.41) is 3.08. The minimum Gasteiger partial charge on any atom is -0.467 e. The van der Waals surface area contributed by atoms with Crippen LogP contribution in [0.4, 0.5) is 0 Å². The smallest absolute Gasteiger partial charge is 0.253 e. The van der Waals surface area contributed by atoms with E-state index in [-0.39, 0.29) is 11.9 Å². The Morgan fingerprint density at radius 2 is 1.92 bits per heavy atom. The summed E-state index contributed by atoms with van der Waals surface area (Å²) in [6.45, 7) is 6.60. The number of aromatic nitrogens is 1. The number of hydrogen-bond donors (Lipinski definition) is 1. The van der Waals surface area contributed by atoms with Crippen LogP contribution in [0.1, 0.15) is 46.0 Å². The van der Waals surface area contributed by atoms with Gasteiger partial charge in [0.15, 0.2) is 0 Å². The van der Waals surface area contributed by atoms with E-state index in [0.29, 0.717) is 12.1 Å². The Morgan fingerprint density at radius 3 is 2.58 bits per heavy atom. The third-order valence-corrected chi connectivity index (χ3v) is 4.36. The first-order valence-corrected chi connectivity index (χ1v) is 8.11. The van der Waals surface area contributed by atoms with Crippen LogP contribution in [0.3, 0.4) is 0 Å². The van der Waals surface area contributed by atoms with Gasteiger partial charge in [0.1, 0.15) is 5.76 Å². The van der Waals surface area contributed by atoms with Gasteiger partial charge in [-0.25, -0.2) is 0 Å². The van der Waals surface area contributed by atoms with Crippen LogP contribution in [-0.4, -0.2) is 10.5 Å². The van der Waals surface area contributed by atoms with Crippen molar-refractivity contribution in [1.82, 2.24) is 9.88 Å². The normalized spacial score (nSPS) is 12.1. The highest BCUT2D eigenvalue weighted by Crippen LogP contribution is 2.19. The highest BCUT2D eigenvalue weighted by atomic mass is 16.3. The van der Waals surface area contributed by atoms with E-state index in [9.17, 15) is 4.79 Å². The first kappa shape index (κ1) is 16.1. The van der Waals surface area contributed by atoms with Crippen molar-refractivity contribution in [3.8, 4) is 0 Å². The molecule has 0 saturated heterocycles. The molecule has 124 valence electrons. The van der Waals surface area contributed by atoms with Crippen molar-refractivity contribution in [1.29, 1.82) is 0 Å². The maximum absolute atomic E-state index is 12.7. The summed E-state index contributed by atoms with van der Waals surface area (Å²) in [5.74, 6) is 0.826. The van der Waals surface area contributed by atoms with Crippen LogP contribution in [0, 0.1) is 13.8 Å². The second kappa shape index (κ2) is 6.79. The van der Waals surface area contributed by atoms with E-state index in [1.165, 1.54) is 0 Å². The number of nitrogens with one attached hydrogen (secondary N) is 1. The van der Waals surface area contributed by atoms with Crippen molar-refractivity contribution < 1.29 is 9.21 Å². The molecule has 1 aromatic carbocycles. The minimum absolute atomic E-state index is 0.0353. The van der Waals surface area contributed by atoms with Crippen molar-refractivity contribution >= 4 is 5.91 Å². The van der Waals surface area contributed by atoms with E-state index < -0.39 is 0 Å². The lowest BCUT2D eigenvalue weighted by molar-refractivity contribution is 0.0939. The molecular formula is C20H22N2O2. The van der Waals surface area contributed by atoms with Gasteiger partial charge in [-0.3, -0.25) is 4.79 Å². The van der Waals surface area contributed by atoms with Gasteiger partial charge in [-0.1, -0.05) is 30.3 Å². The largest absolute Gasteiger partial charge is 0.467 e.